The van der Waals surface area contributed by atoms with Gasteiger partial charge in [-0.25, -0.2) is 9.18 Å². The second-order valence-corrected chi connectivity index (χ2v) is 6.15. The van der Waals surface area contributed by atoms with Crippen molar-refractivity contribution in [3.63, 3.8) is 0 Å². The summed E-state index contributed by atoms with van der Waals surface area (Å²) in [5.41, 5.74) is 0.792. The van der Waals surface area contributed by atoms with Gasteiger partial charge in [0.05, 0.1) is 12.7 Å². The summed E-state index contributed by atoms with van der Waals surface area (Å²) in [6.07, 6.45) is 1.76. The highest BCUT2D eigenvalue weighted by molar-refractivity contribution is 5.91. The van der Waals surface area contributed by atoms with Crippen LogP contribution in [-0.2, 0) is 16.1 Å². The van der Waals surface area contributed by atoms with Gasteiger partial charge in [-0.2, -0.15) is 0 Å². The number of hydrogen-bond donors (Lipinski definition) is 0. The number of rotatable bonds is 7. The largest absolute Gasteiger partial charge is 0.497 e. The van der Waals surface area contributed by atoms with Crippen molar-refractivity contribution in [3.8, 4) is 5.75 Å². The van der Waals surface area contributed by atoms with Crippen molar-refractivity contribution in [2.24, 2.45) is 0 Å². The molecule has 3 rings (SSSR count). The highest BCUT2D eigenvalue weighted by Crippen LogP contribution is 2.29. The lowest BCUT2D eigenvalue weighted by Crippen LogP contribution is -2.36. The highest BCUT2D eigenvalue weighted by atomic mass is 19.1. The number of ether oxygens (including phenoxy) is 2. The zero-order chi connectivity index (χ0) is 18.5. The Bertz CT molecular complexity index is 787. The molecule has 0 bridgehead atoms. The van der Waals surface area contributed by atoms with E-state index in [1.165, 1.54) is 13.2 Å². The van der Waals surface area contributed by atoms with Crippen molar-refractivity contribution in [2.75, 3.05) is 13.7 Å². The summed E-state index contributed by atoms with van der Waals surface area (Å²) in [5.74, 6) is -0.621. The van der Waals surface area contributed by atoms with Gasteiger partial charge in [0, 0.05) is 18.2 Å². The summed E-state index contributed by atoms with van der Waals surface area (Å²) < 4.78 is 24.0. The SMILES string of the molecule is COc1ccc(C(=O)OCC(=O)N(Cc2ccccc2F)C2CC2)cc1. The van der Waals surface area contributed by atoms with Crippen LogP contribution >= 0.6 is 0 Å². The van der Waals surface area contributed by atoms with Gasteiger partial charge < -0.3 is 14.4 Å². The second kappa shape index (κ2) is 7.99. The molecule has 2 aromatic carbocycles. The third-order valence-corrected chi connectivity index (χ3v) is 4.26. The lowest BCUT2D eigenvalue weighted by Gasteiger charge is -2.22. The molecule has 0 unspecified atom stereocenters. The van der Waals surface area contributed by atoms with Crippen LogP contribution in [0.5, 0.6) is 5.75 Å². The number of hydrogen-bond acceptors (Lipinski definition) is 4. The molecular formula is C20H20FNO4. The van der Waals surface area contributed by atoms with Crippen LogP contribution in [0.1, 0.15) is 28.8 Å². The Morgan fingerprint density at radius 1 is 1.12 bits per heavy atom. The first-order chi connectivity index (χ1) is 12.6. The van der Waals surface area contributed by atoms with E-state index in [9.17, 15) is 14.0 Å². The molecule has 0 aliphatic heterocycles. The number of halogens is 1. The van der Waals surface area contributed by atoms with E-state index in [0.717, 1.165) is 12.8 Å². The maximum atomic E-state index is 13.9. The van der Waals surface area contributed by atoms with E-state index in [2.05, 4.69) is 0 Å². The van der Waals surface area contributed by atoms with Gasteiger partial charge in [-0.05, 0) is 43.2 Å². The van der Waals surface area contributed by atoms with Crippen LogP contribution in [0.3, 0.4) is 0 Å². The fraction of sp³-hybridized carbons (Fsp3) is 0.300. The summed E-state index contributed by atoms with van der Waals surface area (Å²) in [6.45, 7) is -0.188. The Labute approximate surface area is 151 Å². The molecule has 0 saturated heterocycles. The van der Waals surface area contributed by atoms with E-state index >= 15 is 0 Å². The molecule has 1 fully saturated rings. The zero-order valence-electron chi connectivity index (χ0n) is 14.5. The van der Waals surface area contributed by atoms with Crippen LogP contribution in [0, 0.1) is 5.82 Å². The van der Waals surface area contributed by atoms with Crippen molar-refractivity contribution in [1.82, 2.24) is 4.90 Å². The third kappa shape index (κ3) is 4.39. The van der Waals surface area contributed by atoms with E-state index < -0.39 is 5.97 Å². The van der Waals surface area contributed by atoms with E-state index in [-0.39, 0.29) is 30.9 Å². The van der Waals surface area contributed by atoms with Crippen LogP contribution < -0.4 is 4.74 Å². The lowest BCUT2D eigenvalue weighted by atomic mass is 10.2. The van der Waals surface area contributed by atoms with Crippen molar-refractivity contribution in [2.45, 2.75) is 25.4 Å². The quantitative estimate of drug-likeness (QED) is 0.714. The van der Waals surface area contributed by atoms with Crippen LogP contribution in [-0.4, -0.2) is 36.5 Å². The monoisotopic (exact) mass is 357 g/mol. The zero-order valence-corrected chi connectivity index (χ0v) is 14.5. The van der Waals surface area contributed by atoms with Crippen molar-refractivity contribution in [3.05, 3.63) is 65.5 Å². The standard InChI is InChI=1S/C20H20FNO4/c1-25-17-10-6-14(7-11-17)20(24)26-13-19(23)22(16-8-9-16)12-15-4-2-3-5-18(15)21/h2-7,10-11,16H,8-9,12-13H2,1H3. The predicted molar refractivity (Wildman–Crippen MR) is 93.2 cm³/mol. The summed E-state index contributed by atoms with van der Waals surface area (Å²) >= 11 is 0. The maximum absolute atomic E-state index is 13.9. The summed E-state index contributed by atoms with van der Waals surface area (Å²) in [7, 11) is 1.54. The van der Waals surface area contributed by atoms with Crippen molar-refractivity contribution < 1.29 is 23.5 Å². The minimum Gasteiger partial charge on any atom is -0.497 e. The summed E-state index contributed by atoms with van der Waals surface area (Å²) in [6, 6.07) is 12.9. The first kappa shape index (κ1) is 17.9. The minimum atomic E-state index is -0.581. The predicted octanol–water partition coefficient (Wildman–Crippen LogP) is 3.18. The van der Waals surface area contributed by atoms with Gasteiger partial charge in [0.2, 0.25) is 0 Å². The average Bonchev–Trinajstić information content (AvgIpc) is 3.50. The molecule has 6 heteroatoms. The number of amides is 1. The highest BCUT2D eigenvalue weighted by Gasteiger charge is 2.33. The fourth-order valence-corrected chi connectivity index (χ4v) is 2.64. The molecule has 136 valence electrons. The Kier molecular flexibility index (Phi) is 5.51. The smallest absolute Gasteiger partial charge is 0.338 e. The molecule has 1 amide bonds. The summed E-state index contributed by atoms with van der Waals surface area (Å²) in [4.78, 5) is 26.1. The Morgan fingerprint density at radius 3 is 2.42 bits per heavy atom. The van der Waals surface area contributed by atoms with Crippen molar-refractivity contribution in [1.29, 1.82) is 0 Å². The van der Waals surface area contributed by atoms with Crippen LogP contribution in [0.15, 0.2) is 48.5 Å². The molecule has 0 heterocycles. The lowest BCUT2D eigenvalue weighted by molar-refractivity contribution is -0.135. The molecule has 0 N–H and O–H groups in total. The second-order valence-electron chi connectivity index (χ2n) is 6.15. The normalized spacial score (nSPS) is 13.2. The Balaban J connectivity index is 1.59. The van der Waals surface area contributed by atoms with Gasteiger partial charge in [-0.1, -0.05) is 18.2 Å². The van der Waals surface area contributed by atoms with Gasteiger partial charge in [-0.3, -0.25) is 4.79 Å². The Morgan fingerprint density at radius 2 is 1.81 bits per heavy atom. The molecule has 0 atom stereocenters. The van der Waals surface area contributed by atoms with Gasteiger partial charge in [0.25, 0.3) is 5.91 Å². The number of esters is 1. The molecule has 0 radical (unpaired) electrons. The fourth-order valence-electron chi connectivity index (χ4n) is 2.64. The van der Waals surface area contributed by atoms with Crippen molar-refractivity contribution >= 4 is 11.9 Å². The summed E-state index contributed by atoms with van der Waals surface area (Å²) in [5, 5.41) is 0. The minimum absolute atomic E-state index is 0.0850. The molecule has 1 aliphatic carbocycles. The number of carbonyl (C=O) groups is 2. The molecule has 2 aromatic rings. The topological polar surface area (TPSA) is 55.8 Å². The van der Waals surface area contributed by atoms with Gasteiger partial charge in [0.1, 0.15) is 11.6 Å². The van der Waals surface area contributed by atoms with E-state index in [1.54, 1.807) is 47.4 Å². The van der Waals surface area contributed by atoms with E-state index in [1.807, 2.05) is 0 Å². The van der Waals surface area contributed by atoms with Crippen LogP contribution in [0.2, 0.25) is 0 Å². The maximum Gasteiger partial charge on any atom is 0.338 e. The van der Waals surface area contributed by atoms with Crippen LogP contribution in [0.25, 0.3) is 0 Å². The van der Waals surface area contributed by atoms with E-state index in [4.69, 9.17) is 9.47 Å². The molecular weight excluding hydrogens is 337 g/mol. The van der Waals surface area contributed by atoms with Gasteiger partial charge in [0.15, 0.2) is 6.61 Å². The molecule has 26 heavy (non-hydrogen) atoms. The molecule has 5 nitrogen and oxygen atoms in total. The molecule has 0 spiro atoms. The van der Waals surface area contributed by atoms with Gasteiger partial charge in [-0.15, -0.1) is 0 Å². The van der Waals surface area contributed by atoms with Crippen LogP contribution in [0.4, 0.5) is 4.39 Å². The first-order valence-electron chi connectivity index (χ1n) is 8.42. The average molecular weight is 357 g/mol. The third-order valence-electron chi connectivity index (χ3n) is 4.26. The number of benzene rings is 2. The van der Waals surface area contributed by atoms with E-state index in [0.29, 0.717) is 16.9 Å². The number of carbonyl (C=O) groups excluding carboxylic acids is 2. The molecule has 1 aliphatic rings. The molecule has 0 aromatic heterocycles. The molecule has 1 saturated carbocycles. The first-order valence-corrected chi connectivity index (χ1v) is 8.42. The Hall–Kier alpha value is -2.89. The number of methoxy groups -OCH3 is 1. The number of nitrogens with zero attached hydrogens (tertiary/aromatic N) is 1. The van der Waals surface area contributed by atoms with Gasteiger partial charge >= 0.3 is 5.97 Å².